The second-order valence-corrected chi connectivity index (χ2v) is 6.69. The van der Waals surface area contributed by atoms with Crippen LogP contribution in [-0.2, 0) is 4.79 Å². The van der Waals surface area contributed by atoms with Crippen LogP contribution in [0.4, 0.5) is 11.5 Å². The molecule has 0 spiro atoms. The van der Waals surface area contributed by atoms with Crippen molar-refractivity contribution in [2.24, 2.45) is 0 Å². The van der Waals surface area contributed by atoms with Gasteiger partial charge in [0.1, 0.15) is 22.8 Å². The zero-order valence-electron chi connectivity index (χ0n) is 16.4. The average molecular weight is 401 g/mol. The molecule has 0 bridgehead atoms. The van der Waals surface area contributed by atoms with Crippen molar-refractivity contribution in [3.8, 4) is 11.5 Å². The summed E-state index contributed by atoms with van der Waals surface area (Å²) < 4.78 is 7.69. The lowest BCUT2D eigenvalue weighted by molar-refractivity contribution is -0.114. The van der Waals surface area contributed by atoms with Gasteiger partial charge in [0.2, 0.25) is 5.91 Å². The number of amides is 2. The third kappa shape index (κ3) is 4.27. The number of anilines is 2. The maximum absolute atomic E-state index is 12.5. The van der Waals surface area contributed by atoms with Crippen molar-refractivity contribution < 1.29 is 14.3 Å². The molecule has 1 aromatic carbocycles. The highest BCUT2D eigenvalue weighted by molar-refractivity contribution is 6.03. The van der Waals surface area contributed by atoms with Gasteiger partial charge >= 0.3 is 0 Å². The van der Waals surface area contributed by atoms with Gasteiger partial charge in [0.25, 0.3) is 5.91 Å². The molecular formula is C22H19N5O3. The van der Waals surface area contributed by atoms with Crippen molar-refractivity contribution in [2.45, 2.75) is 13.8 Å². The molecule has 2 amide bonds. The SMILES string of the molecule is CC(=O)Nc1cn2cc(Oc3cccc(NC(=O)c4ncccc4C)c3)ccc2n1. The number of fused-ring (bicyclic) bond motifs is 1. The topological polar surface area (TPSA) is 97.6 Å². The van der Waals surface area contributed by atoms with Crippen LogP contribution in [0.15, 0.2) is 67.1 Å². The van der Waals surface area contributed by atoms with Crippen molar-refractivity contribution in [1.82, 2.24) is 14.4 Å². The first kappa shape index (κ1) is 19.1. The van der Waals surface area contributed by atoms with Crippen LogP contribution in [-0.4, -0.2) is 26.2 Å². The Hall–Kier alpha value is -4.20. The molecule has 8 heteroatoms. The summed E-state index contributed by atoms with van der Waals surface area (Å²) in [6.07, 6.45) is 5.05. The number of aromatic nitrogens is 3. The van der Waals surface area contributed by atoms with Crippen LogP contribution in [0.25, 0.3) is 5.65 Å². The molecule has 0 aliphatic carbocycles. The van der Waals surface area contributed by atoms with Crippen LogP contribution in [0, 0.1) is 6.92 Å². The molecule has 4 aromatic rings. The Bertz CT molecular complexity index is 1250. The van der Waals surface area contributed by atoms with E-state index in [-0.39, 0.29) is 11.8 Å². The van der Waals surface area contributed by atoms with Gasteiger partial charge in [0, 0.05) is 24.9 Å². The van der Waals surface area contributed by atoms with Crippen LogP contribution in [0.1, 0.15) is 23.0 Å². The van der Waals surface area contributed by atoms with E-state index < -0.39 is 0 Å². The van der Waals surface area contributed by atoms with Crippen molar-refractivity contribution in [3.63, 3.8) is 0 Å². The van der Waals surface area contributed by atoms with E-state index in [9.17, 15) is 9.59 Å². The van der Waals surface area contributed by atoms with Gasteiger partial charge in [-0.25, -0.2) is 4.98 Å². The molecule has 30 heavy (non-hydrogen) atoms. The number of carbonyl (C=O) groups is 2. The summed E-state index contributed by atoms with van der Waals surface area (Å²) in [5.74, 6) is 1.14. The summed E-state index contributed by atoms with van der Waals surface area (Å²) in [7, 11) is 0. The fraction of sp³-hybridized carbons (Fsp3) is 0.0909. The van der Waals surface area contributed by atoms with E-state index in [2.05, 4.69) is 20.6 Å². The molecule has 0 fully saturated rings. The second-order valence-electron chi connectivity index (χ2n) is 6.69. The standard InChI is InChI=1S/C22H19N5O3/c1-14-5-4-10-23-21(14)22(29)25-16-6-3-7-17(11-16)30-18-8-9-20-26-19(24-15(2)28)13-27(20)12-18/h3-13H,1-2H3,(H,24,28)(H,25,29). The summed E-state index contributed by atoms with van der Waals surface area (Å²) in [6, 6.07) is 14.3. The fourth-order valence-electron chi connectivity index (χ4n) is 2.96. The Kier molecular flexibility index (Phi) is 5.13. The lowest BCUT2D eigenvalue weighted by Gasteiger charge is -2.10. The zero-order chi connectivity index (χ0) is 21.1. The fourth-order valence-corrected chi connectivity index (χ4v) is 2.96. The predicted molar refractivity (Wildman–Crippen MR) is 113 cm³/mol. The Morgan fingerprint density at radius 2 is 1.87 bits per heavy atom. The second kappa shape index (κ2) is 8.04. The molecule has 8 nitrogen and oxygen atoms in total. The van der Waals surface area contributed by atoms with Gasteiger partial charge in [-0.1, -0.05) is 12.1 Å². The van der Waals surface area contributed by atoms with Crippen LogP contribution in [0.5, 0.6) is 11.5 Å². The highest BCUT2D eigenvalue weighted by atomic mass is 16.5. The Morgan fingerprint density at radius 3 is 2.67 bits per heavy atom. The minimum absolute atomic E-state index is 0.186. The van der Waals surface area contributed by atoms with E-state index in [1.807, 2.05) is 13.0 Å². The number of aryl methyl sites for hydroxylation is 1. The van der Waals surface area contributed by atoms with Crippen molar-refractivity contribution in [1.29, 1.82) is 0 Å². The van der Waals surface area contributed by atoms with E-state index in [1.54, 1.807) is 65.5 Å². The number of hydrogen-bond donors (Lipinski definition) is 2. The van der Waals surface area contributed by atoms with Gasteiger partial charge in [-0.05, 0) is 42.8 Å². The Morgan fingerprint density at radius 1 is 1.00 bits per heavy atom. The number of benzene rings is 1. The van der Waals surface area contributed by atoms with E-state index in [0.717, 1.165) is 5.56 Å². The summed E-state index contributed by atoms with van der Waals surface area (Å²) in [5, 5.41) is 5.49. The van der Waals surface area contributed by atoms with Crippen molar-refractivity contribution in [3.05, 3.63) is 78.4 Å². The van der Waals surface area contributed by atoms with Gasteiger partial charge < -0.3 is 19.8 Å². The number of pyridine rings is 2. The van der Waals surface area contributed by atoms with E-state index in [4.69, 9.17) is 4.74 Å². The molecule has 3 heterocycles. The first-order valence-corrected chi connectivity index (χ1v) is 9.25. The molecule has 4 rings (SSSR count). The number of imidazole rings is 1. The van der Waals surface area contributed by atoms with Crippen LogP contribution < -0.4 is 15.4 Å². The minimum atomic E-state index is -0.282. The monoisotopic (exact) mass is 401 g/mol. The van der Waals surface area contributed by atoms with Gasteiger partial charge in [-0.15, -0.1) is 0 Å². The lowest BCUT2D eigenvalue weighted by atomic mass is 10.2. The normalized spacial score (nSPS) is 10.6. The molecule has 0 saturated carbocycles. The molecule has 0 saturated heterocycles. The molecular weight excluding hydrogens is 382 g/mol. The number of carbonyl (C=O) groups excluding carboxylic acids is 2. The molecule has 2 N–H and O–H groups in total. The lowest BCUT2D eigenvalue weighted by Crippen LogP contribution is -2.15. The molecule has 0 aliphatic rings. The molecule has 0 unspecified atom stereocenters. The molecule has 0 atom stereocenters. The quantitative estimate of drug-likeness (QED) is 0.526. The third-order valence-electron chi connectivity index (χ3n) is 4.28. The number of rotatable bonds is 5. The molecule has 0 aliphatic heterocycles. The van der Waals surface area contributed by atoms with Gasteiger partial charge in [-0.3, -0.25) is 14.6 Å². The number of nitrogens with one attached hydrogen (secondary N) is 2. The third-order valence-corrected chi connectivity index (χ3v) is 4.28. The Labute approximate surface area is 172 Å². The van der Waals surface area contributed by atoms with Gasteiger partial charge in [0.15, 0.2) is 5.82 Å². The largest absolute Gasteiger partial charge is 0.456 e. The minimum Gasteiger partial charge on any atom is -0.456 e. The number of hydrogen-bond acceptors (Lipinski definition) is 5. The van der Waals surface area contributed by atoms with Gasteiger partial charge in [-0.2, -0.15) is 0 Å². The summed E-state index contributed by atoms with van der Waals surface area (Å²) >= 11 is 0. The highest BCUT2D eigenvalue weighted by Crippen LogP contribution is 2.25. The van der Waals surface area contributed by atoms with E-state index in [1.165, 1.54) is 6.92 Å². The predicted octanol–water partition coefficient (Wildman–Crippen LogP) is 4.04. The number of ether oxygens (including phenoxy) is 1. The smallest absolute Gasteiger partial charge is 0.274 e. The molecule has 0 radical (unpaired) electrons. The maximum Gasteiger partial charge on any atom is 0.274 e. The first-order valence-electron chi connectivity index (χ1n) is 9.25. The van der Waals surface area contributed by atoms with Crippen LogP contribution in [0.2, 0.25) is 0 Å². The van der Waals surface area contributed by atoms with Crippen molar-refractivity contribution >= 4 is 29.0 Å². The maximum atomic E-state index is 12.5. The highest BCUT2D eigenvalue weighted by Gasteiger charge is 2.11. The Balaban J connectivity index is 1.51. The molecule has 150 valence electrons. The number of nitrogens with zero attached hydrogens (tertiary/aromatic N) is 3. The first-order chi connectivity index (χ1) is 14.5. The average Bonchev–Trinajstić information content (AvgIpc) is 3.09. The van der Waals surface area contributed by atoms with Gasteiger partial charge in [0.05, 0.1) is 12.4 Å². The van der Waals surface area contributed by atoms with E-state index in [0.29, 0.717) is 34.3 Å². The zero-order valence-corrected chi connectivity index (χ0v) is 16.4. The van der Waals surface area contributed by atoms with Crippen LogP contribution >= 0.6 is 0 Å². The molecule has 3 aromatic heterocycles. The summed E-state index contributed by atoms with van der Waals surface area (Å²) in [5.41, 5.74) is 2.45. The van der Waals surface area contributed by atoms with Crippen LogP contribution in [0.3, 0.4) is 0 Å². The van der Waals surface area contributed by atoms with Crippen molar-refractivity contribution in [2.75, 3.05) is 10.6 Å². The summed E-state index contributed by atoms with van der Waals surface area (Å²) in [4.78, 5) is 32.1. The summed E-state index contributed by atoms with van der Waals surface area (Å²) in [6.45, 7) is 3.27. The van der Waals surface area contributed by atoms with E-state index >= 15 is 0 Å².